The number of carbonyl (C=O) groups excluding carboxylic acids is 1. The van der Waals surface area contributed by atoms with E-state index in [1.54, 1.807) is 30.9 Å². The molecule has 3 rings (SSSR count). The molecule has 0 spiro atoms. The molecule has 10 heteroatoms. The lowest BCUT2D eigenvalue weighted by molar-refractivity contribution is -0.141. The molecule has 0 unspecified atom stereocenters. The Kier molecular flexibility index (Phi) is 8.53. The van der Waals surface area contributed by atoms with Crippen LogP contribution in [-0.4, -0.2) is 30.5 Å². The van der Waals surface area contributed by atoms with Crippen molar-refractivity contribution in [2.75, 3.05) is 19.4 Å². The third-order valence-corrected chi connectivity index (χ3v) is 6.50. The van der Waals surface area contributed by atoms with Crippen molar-refractivity contribution in [2.45, 2.75) is 43.7 Å². The van der Waals surface area contributed by atoms with Crippen LogP contribution < -0.4 is 10.1 Å². The second kappa shape index (κ2) is 11.2. The second-order valence-electron chi connectivity index (χ2n) is 7.36. The number of benzene rings is 2. The van der Waals surface area contributed by atoms with E-state index in [0.29, 0.717) is 35.8 Å². The SMILES string of the molecule is CCCc1c(OCCCSc2ccc(CC(=O)NC)cc2Cl)ccc2c(C(F)(F)F)noc12. The van der Waals surface area contributed by atoms with Gasteiger partial charge in [-0.1, -0.05) is 36.2 Å². The van der Waals surface area contributed by atoms with Crippen LogP contribution in [0.15, 0.2) is 39.8 Å². The van der Waals surface area contributed by atoms with Gasteiger partial charge in [-0.15, -0.1) is 11.8 Å². The molecular weight excluding hydrogens is 477 g/mol. The van der Waals surface area contributed by atoms with Crippen LogP contribution in [0.2, 0.25) is 5.02 Å². The van der Waals surface area contributed by atoms with E-state index in [-0.39, 0.29) is 23.3 Å². The average molecular weight is 501 g/mol. The predicted octanol–water partition coefficient (Wildman–Crippen LogP) is 6.30. The Bertz CT molecular complexity index is 1120. The summed E-state index contributed by atoms with van der Waals surface area (Å²) in [6.45, 7) is 2.33. The third kappa shape index (κ3) is 6.35. The summed E-state index contributed by atoms with van der Waals surface area (Å²) in [7, 11) is 1.59. The van der Waals surface area contributed by atoms with Gasteiger partial charge >= 0.3 is 6.18 Å². The van der Waals surface area contributed by atoms with Crippen LogP contribution in [0, 0.1) is 0 Å². The van der Waals surface area contributed by atoms with Crippen molar-refractivity contribution in [2.24, 2.45) is 0 Å². The molecule has 0 aliphatic heterocycles. The van der Waals surface area contributed by atoms with Crippen LogP contribution in [0.3, 0.4) is 0 Å². The summed E-state index contributed by atoms with van der Waals surface area (Å²) >= 11 is 7.90. The topological polar surface area (TPSA) is 64.4 Å². The lowest BCUT2D eigenvalue weighted by atomic mass is 10.0. The molecule has 1 amide bonds. The highest BCUT2D eigenvalue weighted by Gasteiger charge is 2.37. The Labute approximate surface area is 199 Å². The highest BCUT2D eigenvalue weighted by atomic mass is 35.5. The number of hydrogen-bond donors (Lipinski definition) is 1. The zero-order valence-corrected chi connectivity index (χ0v) is 19.8. The van der Waals surface area contributed by atoms with Gasteiger partial charge in [0, 0.05) is 23.3 Å². The molecule has 5 nitrogen and oxygen atoms in total. The molecule has 1 N–H and O–H groups in total. The molecule has 0 radical (unpaired) electrons. The minimum Gasteiger partial charge on any atom is -0.493 e. The van der Waals surface area contributed by atoms with E-state index in [1.165, 1.54) is 6.07 Å². The molecule has 1 aromatic heterocycles. The monoisotopic (exact) mass is 500 g/mol. The molecule has 0 aliphatic rings. The molecule has 2 aromatic carbocycles. The van der Waals surface area contributed by atoms with Crippen molar-refractivity contribution in [1.29, 1.82) is 0 Å². The van der Waals surface area contributed by atoms with Crippen LogP contribution in [-0.2, 0) is 23.8 Å². The predicted molar refractivity (Wildman–Crippen MR) is 123 cm³/mol. The first kappa shape index (κ1) is 25.2. The van der Waals surface area contributed by atoms with Crippen LogP contribution in [0.4, 0.5) is 13.2 Å². The van der Waals surface area contributed by atoms with Gasteiger partial charge in [-0.2, -0.15) is 13.2 Å². The summed E-state index contributed by atoms with van der Waals surface area (Å²) in [6, 6.07) is 8.45. The maximum absolute atomic E-state index is 13.1. The van der Waals surface area contributed by atoms with Crippen molar-refractivity contribution in [3.63, 3.8) is 0 Å². The molecule has 3 aromatic rings. The summed E-state index contributed by atoms with van der Waals surface area (Å²) in [4.78, 5) is 12.4. The van der Waals surface area contributed by atoms with E-state index >= 15 is 0 Å². The number of thioether (sulfide) groups is 1. The molecule has 1 heterocycles. The van der Waals surface area contributed by atoms with E-state index in [1.807, 2.05) is 19.1 Å². The molecular formula is C23H24ClF3N2O3S. The third-order valence-electron chi connectivity index (χ3n) is 4.91. The van der Waals surface area contributed by atoms with Crippen molar-refractivity contribution in [1.82, 2.24) is 10.5 Å². The number of likely N-dealkylation sites (N-methyl/N-ethyl adjacent to an activating group) is 1. The maximum atomic E-state index is 13.1. The van der Waals surface area contributed by atoms with Crippen LogP contribution in [0.1, 0.15) is 36.6 Å². The van der Waals surface area contributed by atoms with E-state index < -0.39 is 11.9 Å². The number of rotatable bonds is 10. The molecule has 0 saturated heterocycles. The Morgan fingerprint density at radius 2 is 2.06 bits per heavy atom. The van der Waals surface area contributed by atoms with Crippen LogP contribution >= 0.6 is 23.4 Å². The Balaban J connectivity index is 1.59. The van der Waals surface area contributed by atoms with Crippen molar-refractivity contribution in [3.05, 3.63) is 52.2 Å². The van der Waals surface area contributed by atoms with Gasteiger partial charge in [0.15, 0.2) is 11.3 Å². The first-order valence-corrected chi connectivity index (χ1v) is 11.8. The summed E-state index contributed by atoms with van der Waals surface area (Å²) in [5.41, 5.74) is 0.545. The van der Waals surface area contributed by atoms with Crippen LogP contribution in [0.5, 0.6) is 5.75 Å². The first-order chi connectivity index (χ1) is 15.7. The number of halogens is 4. The molecule has 33 heavy (non-hydrogen) atoms. The van der Waals surface area contributed by atoms with Crippen molar-refractivity contribution >= 4 is 40.2 Å². The molecule has 0 saturated carbocycles. The van der Waals surface area contributed by atoms with Gasteiger partial charge in [-0.05, 0) is 42.7 Å². The van der Waals surface area contributed by atoms with Gasteiger partial charge < -0.3 is 14.6 Å². The highest BCUT2D eigenvalue weighted by Crippen LogP contribution is 2.38. The zero-order valence-electron chi connectivity index (χ0n) is 18.2. The normalized spacial score (nSPS) is 11.7. The Morgan fingerprint density at radius 1 is 1.27 bits per heavy atom. The quantitative estimate of drug-likeness (QED) is 0.261. The smallest absolute Gasteiger partial charge is 0.437 e. The lowest BCUT2D eigenvalue weighted by Gasteiger charge is -2.12. The molecule has 178 valence electrons. The largest absolute Gasteiger partial charge is 0.493 e. The van der Waals surface area contributed by atoms with E-state index in [4.69, 9.17) is 20.9 Å². The number of nitrogens with zero attached hydrogens (tertiary/aromatic N) is 1. The van der Waals surface area contributed by atoms with E-state index in [0.717, 1.165) is 22.6 Å². The molecule has 0 bridgehead atoms. The number of hydrogen-bond acceptors (Lipinski definition) is 5. The number of carbonyl (C=O) groups is 1. The number of ether oxygens (including phenoxy) is 1. The summed E-state index contributed by atoms with van der Waals surface area (Å²) < 4.78 is 50.3. The van der Waals surface area contributed by atoms with Crippen molar-refractivity contribution < 1.29 is 27.2 Å². The van der Waals surface area contributed by atoms with Gasteiger partial charge in [0.1, 0.15) is 5.75 Å². The molecule has 0 aliphatic carbocycles. The minimum absolute atomic E-state index is 0.0524. The van der Waals surface area contributed by atoms with E-state index in [2.05, 4.69) is 10.5 Å². The number of aryl methyl sites for hydroxylation is 1. The standard InChI is InChI=1S/C23H24ClF3N2O3S/c1-3-5-15-18(8-7-16-21(15)32-29-22(16)23(25,26)27)31-10-4-11-33-19-9-6-14(12-17(19)24)13-20(30)28-2/h6-9,12H,3-5,10-11,13H2,1-2H3,(H,28,30). The zero-order chi connectivity index (χ0) is 24.0. The number of amides is 1. The fourth-order valence-electron chi connectivity index (χ4n) is 3.34. The number of alkyl halides is 3. The molecule has 0 atom stereocenters. The maximum Gasteiger partial charge on any atom is 0.437 e. The Morgan fingerprint density at radius 3 is 2.73 bits per heavy atom. The molecule has 0 fully saturated rings. The number of fused-ring (bicyclic) bond motifs is 1. The number of nitrogens with one attached hydrogen (secondary N) is 1. The summed E-state index contributed by atoms with van der Waals surface area (Å²) in [5, 5.41) is 6.35. The fourth-order valence-corrected chi connectivity index (χ4v) is 4.55. The lowest BCUT2D eigenvalue weighted by Crippen LogP contribution is -2.19. The van der Waals surface area contributed by atoms with E-state index in [9.17, 15) is 18.0 Å². The van der Waals surface area contributed by atoms with Gasteiger partial charge in [0.2, 0.25) is 5.91 Å². The first-order valence-electron chi connectivity index (χ1n) is 10.5. The fraction of sp³-hybridized carbons (Fsp3) is 0.391. The average Bonchev–Trinajstić information content (AvgIpc) is 3.21. The Hall–Kier alpha value is -2.39. The van der Waals surface area contributed by atoms with Crippen LogP contribution in [0.25, 0.3) is 11.0 Å². The number of aromatic nitrogens is 1. The van der Waals surface area contributed by atoms with Crippen molar-refractivity contribution in [3.8, 4) is 5.75 Å². The second-order valence-corrected chi connectivity index (χ2v) is 8.91. The minimum atomic E-state index is -4.57. The highest BCUT2D eigenvalue weighted by molar-refractivity contribution is 7.99. The van der Waals surface area contributed by atoms with Gasteiger partial charge in [0.25, 0.3) is 0 Å². The summed E-state index contributed by atoms with van der Waals surface area (Å²) in [5.74, 6) is 1.17. The summed E-state index contributed by atoms with van der Waals surface area (Å²) in [6.07, 6.45) is -2.35. The van der Waals surface area contributed by atoms with Gasteiger partial charge in [-0.25, -0.2) is 0 Å². The van der Waals surface area contributed by atoms with Gasteiger partial charge in [-0.3, -0.25) is 4.79 Å². The van der Waals surface area contributed by atoms with Gasteiger partial charge in [0.05, 0.1) is 23.4 Å².